The Morgan fingerprint density at radius 2 is 2.33 bits per heavy atom. The zero-order valence-corrected chi connectivity index (χ0v) is 8.64. The highest BCUT2D eigenvalue weighted by molar-refractivity contribution is 4.79. The molecule has 0 amide bonds. The third kappa shape index (κ3) is 2.46. The molecule has 1 fully saturated rings. The standard InChI is InChI=1S/C10H22N2/c1-4-10(11-3)8-12-7-5-6-9(12)2/h9-11H,4-8H2,1-3H3. The Balaban J connectivity index is 2.28. The van der Waals surface area contributed by atoms with E-state index < -0.39 is 0 Å². The van der Waals surface area contributed by atoms with Crippen molar-refractivity contribution in [3.8, 4) is 0 Å². The van der Waals surface area contributed by atoms with Gasteiger partial charge in [-0.1, -0.05) is 6.92 Å². The van der Waals surface area contributed by atoms with Crippen LogP contribution in [-0.2, 0) is 0 Å². The molecular weight excluding hydrogens is 148 g/mol. The number of nitrogens with zero attached hydrogens (tertiary/aromatic N) is 1. The van der Waals surface area contributed by atoms with E-state index >= 15 is 0 Å². The zero-order chi connectivity index (χ0) is 8.97. The van der Waals surface area contributed by atoms with E-state index in [-0.39, 0.29) is 0 Å². The highest BCUT2D eigenvalue weighted by Gasteiger charge is 2.21. The van der Waals surface area contributed by atoms with Crippen LogP contribution >= 0.6 is 0 Å². The minimum absolute atomic E-state index is 0.686. The van der Waals surface area contributed by atoms with Gasteiger partial charge in [-0.3, -0.25) is 4.90 Å². The van der Waals surface area contributed by atoms with Crippen molar-refractivity contribution in [1.82, 2.24) is 10.2 Å². The molecule has 1 aliphatic heterocycles. The maximum absolute atomic E-state index is 3.36. The minimum atomic E-state index is 0.686. The highest BCUT2D eigenvalue weighted by Crippen LogP contribution is 2.16. The molecular formula is C10H22N2. The van der Waals surface area contributed by atoms with Gasteiger partial charge in [0.15, 0.2) is 0 Å². The molecule has 2 nitrogen and oxygen atoms in total. The van der Waals surface area contributed by atoms with Gasteiger partial charge in [-0.2, -0.15) is 0 Å². The molecule has 2 unspecified atom stereocenters. The Labute approximate surface area is 76.3 Å². The summed E-state index contributed by atoms with van der Waals surface area (Å²) in [5.41, 5.74) is 0. The van der Waals surface area contributed by atoms with Crippen molar-refractivity contribution in [2.45, 2.75) is 45.2 Å². The van der Waals surface area contributed by atoms with Gasteiger partial charge in [0.2, 0.25) is 0 Å². The van der Waals surface area contributed by atoms with E-state index in [0.29, 0.717) is 6.04 Å². The number of nitrogens with one attached hydrogen (secondary N) is 1. The largest absolute Gasteiger partial charge is 0.316 e. The molecule has 1 rings (SSSR count). The normalized spacial score (nSPS) is 27.8. The maximum atomic E-state index is 3.36. The van der Waals surface area contributed by atoms with Crippen molar-refractivity contribution in [3.05, 3.63) is 0 Å². The van der Waals surface area contributed by atoms with E-state index in [0.717, 1.165) is 6.04 Å². The van der Waals surface area contributed by atoms with Crippen LogP contribution in [0.2, 0.25) is 0 Å². The second-order valence-corrected chi connectivity index (χ2v) is 3.88. The summed E-state index contributed by atoms with van der Waals surface area (Å²) in [4.78, 5) is 2.60. The first kappa shape index (κ1) is 10.0. The monoisotopic (exact) mass is 170 g/mol. The highest BCUT2D eigenvalue weighted by atomic mass is 15.2. The third-order valence-corrected chi connectivity index (χ3v) is 3.05. The second-order valence-electron chi connectivity index (χ2n) is 3.88. The topological polar surface area (TPSA) is 15.3 Å². The molecule has 0 aromatic heterocycles. The average molecular weight is 170 g/mol. The Hall–Kier alpha value is -0.0800. The number of rotatable bonds is 4. The molecule has 0 aromatic carbocycles. The van der Waals surface area contributed by atoms with Crippen LogP contribution < -0.4 is 5.32 Å². The number of likely N-dealkylation sites (tertiary alicyclic amines) is 1. The Bertz CT molecular complexity index is 121. The molecule has 1 aliphatic rings. The molecule has 72 valence electrons. The lowest BCUT2D eigenvalue weighted by Gasteiger charge is -2.25. The van der Waals surface area contributed by atoms with E-state index in [2.05, 4.69) is 31.1 Å². The zero-order valence-electron chi connectivity index (χ0n) is 8.64. The molecule has 0 aliphatic carbocycles. The maximum Gasteiger partial charge on any atom is 0.0189 e. The van der Waals surface area contributed by atoms with E-state index in [1.807, 2.05) is 0 Å². The Kier molecular flexibility index (Phi) is 4.02. The van der Waals surface area contributed by atoms with Crippen LogP contribution in [0.3, 0.4) is 0 Å². The van der Waals surface area contributed by atoms with E-state index in [1.54, 1.807) is 0 Å². The fraction of sp³-hybridized carbons (Fsp3) is 1.00. The number of likely N-dealkylation sites (N-methyl/N-ethyl adjacent to an activating group) is 1. The van der Waals surface area contributed by atoms with E-state index in [4.69, 9.17) is 0 Å². The van der Waals surface area contributed by atoms with Crippen LogP contribution in [0.5, 0.6) is 0 Å². The van der Waals surface area contributed by atoms with Crippen molar-refractivity contribution in [1.29, 1.82) is 0 Å². The van der Waals surface area contributed by atoms with Crippen LogP contribution in [-0.4, -0.2) is 37.1 Å². The van der Waals surface area contributed by atoms with Gasteiger partial charge in [-0.15, -0.1) is 0 Å². The first-order valence-electron chi connectivity index (χ1n) is 5.19. The van der Waals surface area contributed by atoms with Crippen molar-refractivity contribution in [2.75, 3.05) is 20.1 Å². The fourth-order valence-electron chi connectivity index (χ4n) is 1.97. The lowest BCUT2D eigenvalue weighted by atomic mass is 10.2. The van der Waals surface area contributed by atoms with Gasteiger partial charge in [-0.05, 0) is 39.8 Å². The van der Waals surface area contributed by atoms with Crippen LogP contribution in [0.25, 0.3) is 0 Å². The van der Waals surface area contributed by atoms with Gasteiger partial charge in [-0.25, -0.2) is 0 Å². The Morgan fingerprint density at radius 3 is 2.75 bits per heavy atom. The molecule has 0 saturated carbocycles. The molecule has 0 radical (unpaired) electrons. The van der Waals surface area contributed by atoms with Crippen molar-refractivity contribution < 1.29 is 0 Å². The van der Waals surface area contributed by atoms with Crippen LogP contribution in [0.15, 0.2) is 0 Å². The summed E-state index contributed by atoms with van der Waals surface area (Å²) in [7, 11) is 2.06. The van der Waals surface area contributed by atoms with Crippen molar-refractivity contribution >= 4 is 0 Å². The first-order chi connectivity index (χ1) is 5.77. The summed E-state index contributed by atoms with van der Waals surface area (Å²) in [6.07, 6.45) is 4.02. The molecule has 2 atom stereocenters. The van der Waals surface area contributed by atoms with Crippen molar-refractivity contribution in [2.24, 2.45) is 0 Å². The number of hydrogen-bond acceptors (Lipinski definition) is 2. The second kappa shape index (κ2) is 4.83. The summed E-state index contributed by atoms with van der Waals surface area (Å²) in [5.74, 6) is 0. The average Bonchev–Trinajstić information content (AvgIpc) is 2.47. The predicted octanol–water partition coefficient (Wildman–Crippen LogP) is 1.47. The summed E-state index contributed by atoms with van der Waals surface area (Å²) >= 11 is 0. The van der Waals surface area contributed by atoms with Gasteiger partial charge in [0.05, 0.1) is 0 Å². The van der Waals surface area contributed by atoms with Gasteiger partial charge in [0.25, 0.3) is 0 Å². The molecule has 12 heavy (non-hydrogen) atoms. The quantitative estimate of drug-likeness (QED) is 0.687. The fourth-order valence-corrected chi connectivity index (χ4v) is 1.97. The van der Waals surface area contributed by atoms with Crippen LogP contribution in [0.4, 0.5) is 0 Å². The number of hydrogen-bond donors (Lipinski definition) is 1. The van der Waals surface area contributed by atoms with E-state index in [9.17, 15) is 0 Å². The molecule has 0 aromatic rings. The summed E-state index contributed by atoms with van der Waals surface area (Å²) in [6, 6.07) is 1.50. The molecule has 0 spiro atoms. The molecule has 1 saturated heterocycles. The molecule has 2 heteroatoms. The van der Waals surface area contributed by atoms with Crippen molar-refractivity contribution in [3.63, 3.8) is 0 Å². The lowest BCUT2D eigenvalue weighted by Crippen LogP contribution is -2.40. The van der Waals surface area contributed by atoms with Gasteiger partial charge >= 0.3 is 0 Å². The van der Waals surface area contributed by atoms with Gasteiger partial charge in [0.1, 0.15) is 0 Å². The smallest absolute Gasteiger partial charge is 0.0189 e. The summed E-state index contributed by atoms with van der Waals surface area (Å²) in [5, 5.41) is 3.36. The third-order valence-electron chi connectivity index (χ3n) is 3.05. The molecule has 1 heterocycles. The summed E-state index contributed by atoms with van der Waals surface area (Å²) in [6.45, 7) is 7.13. The predicted molar refractivity (Wildman–Crippen MR) is 53.4 cm³/mol. The lowest BCUT2D eigenvalue weighted by molar-refractivity contribution is 0.238. The van der Waals surface area contributed by atoms with Gasteiger partial charge < -0.3 is 5.32 Å². The van der Waals surface area contributed by atoms with Gasteiger partial charge in [0, 0.05) is 18.6 Å². The van der Waals surface area contributed by atoms with E-state index in [1.165, 1.54) is 32.4 Å². The Morgan fingerprint density at radius 1 is 1.58 bits per heavy atom. The summed E-state index contributed by atoms with van der Waals surface area (Å²) < 4.78 is 0. The van der Waals surface area contributed by atoms with Crippen LogP contribution in [0.1, 0.15) is 33.1 Å². The minimum Gasteiger partial charge on any atom is -0.316 e. The molecule has 1 N–H and O–H groups in total. The SMILES string of the molecule is CCC(CN1CCCC1C)NC. The first-order valence-corrected chi connectivity index (χ1v) is 5.19. The van der Waals surface area contributed by atoms with Crippen LogP contribution in [0, 0.1) is 0 Å². The molecule has 0 bridgehead atoms.